The molecule has 1 saturated heterocycles. The summed E-state index contributed by atoms with van der Waals surface area (Å²) in [5.74, 6) is 0. The zero-order valence-corrected chi connectivity index (χ0v) is 14.9. The second-order valence-electron chi connectivity index (χ2n) is 5.58. The maximum absolute atomic E-state index is 12.2. The fraction of sp³-hybridized carbons (Fsp3) is 0.600. The Labute approximate surface area is 142 Å². The lowest BCUT2D eigenvalue weighted by Gasteiger charge is -2.19. The van der Waals surface area contributed by atoms with E-state index >= 15 is 0 Å². The van der Waals surface area contributed by atoms with Gasteiger partial charge in [0, 0.05) is 11.6 Å². The van der Waals surface area contributed by atoms with Crippen molar-refractivity contribution in [1.29, 1.82) is 0 Å². The van der Waals surface area contributed by atoms with Crippen LogP contribution in [0.4, 0.5) is 0 Å². The van der Waals surface area contributed by atoms with Crippen molar-refractivity contribution in [3.05, 3.63) is 28.2 Å². The molecule has 0 atom stereocenters. The van der Waals surface area contributed by atoms with Crippen molar-refractivity contribution in [2.45, 2.75) is 37.0 Å². The molecule has 0 amide bonds. The quantitative estimate of drug-likeness (QED) is 0.785. The van der Waals surface area contributed by atoms with Crippen LogP contribution in [0.15, 0.2) is 23.1 Å². The molecule has 0 unspecified atom stereocenters. The summed E-state index contributed by atoms with van der Waals surface area (Å²) in [5, 5.41) is 0.541. The van der Waals surface area contributed by atoms with Crippen LogP contribution in [0.1, 0.15) is 32.1 Å². The van der Waals surface area contributed by atoms with Gasteiger partial charge in [-0.2, -0.15) is 0 Å². The van der Waals surface area contributed by atoms with E-state index in [2.05, 4.69) is 9.62 Å². The van der Waals surface area contributed by atoms with Gasteiger partial charge < -0.3 is 4.90 Å². The van der Waals surface area contributed by atoms with Gasteiger partial charge in [0.25, 0.3) is 0 Å². The van der Waals surface area contributed by atoms with E-state index in [1.165, 1.54) is 37.8 Å². The van der Waals surface area contributed by atoms with Crippen molar-refractivity contribution in [2.24, 2.45) is 0 Å². The second kappa shape index (κ2) is 8.50. The first-order chi connectivity index (χ1) is 10.5. The number of benzene rings is 1. The molecular weight excluding hydrogens is 343 g/mol. The molecule has 1 aromatic carbocycles. The van der Waals surface area contributed by atoms with Crippen LogP contribution in [-0.2, 0) is 10.0 Å². The highest BCUT2D eigenvalue weighted by Crippen LogP contribution is 2.24. The molecule has 124 valence electrons. The van der Waals surface area contributed by atoms with Gasteiger partial charge >= 0.3 is 0 Å². The SMILES string of the molecule is O=S(=O)(NCCCN1CCCCCC1)c1cc(Cl)ccc1Cl. The van der Waals surface area contributed by atoms with E-state index in [0.29, 0.717) is 11.6 Å². The Morgan fingerprint density at radius 1 is 1.09 bits per heavy atom. The Morgan fingerprint density at radius 3 is 2.45 bits per heavy atom. The number of hydrogen-bond donors (Lipinski definition) is 1. The molecule has 1 heterocycles. The second-order valence-corrected chi connectivity index (χ2v) is 8.16. The first-order valence-corrected chi connectivity index (χ1v) is 9.90. The van der Waals surface area contributed by atoms with E-state index in [9.17, 15) is 8.42 Å². The van der Waals surface area contributed by atoms with Crippen molar-refractivity contribution in [1.82, 2.24) is 9.62 Å². The minimum atomic E-state index is -3.61. The van der Waals surface area contributed by atoms with Gasteiger partial charge in [-0.1, -0.05) is 36.0 Å². The number of rotatable bonds is 6. The highest BCUT2D eigenvalue weighted by molar-refractivity contribution is 7.89. The molecule has 0 bridgehead atoms. The van der Waals surface area contributed by atoms with Gasteiger partial charge in [-0.25, -0.2) is 13.1 Å². The molecular formula is C15H22Cl2N2O2S. The van der Waals surface area contributed by atoms with Gasteiger partial charge in [-0.15, -0.1) is 0 Å². The highest BCUT2D eigenvalue weighted by atomic mass is 35.5. The number of halogens is 2. The molecule has 0 radical (unpaired) electrons. The van der Waals surface area contributed by atoms with Gasteiger partial charge in [-0.05, 0) is 57.1 Å². The van der Waals surface area contributed by atoms with Gasteiger partial charge in [-0.3, -0.25) is 0 Å². The third kappa shape index (κ3) is 5.39. The van der Waals surface area contributed by atoms with Crippen LogP contribution in [0.5, 0.6) is 0 Å². The molecule has 1 N–H and O–H groups in total. The first-order valence-electron chi connectivity index (χ1n) is 7.66. The van der Waals surface area contributed by atoms with Crippen molar-refractivity contribution in [3.63, 3.8) is 0 Å². The third-order valence-corrected chi connectivity index (χ3v) is 6.00. The first kappa shape index (κ1) is 18.0. The molecule has 1 aliphatic heterocycles. The van der Waals surface area contributed by atoms with Gasteiger partial charge in [0.1, 0.15) is 4.90 Å². The number of nitrogens with one attached hydrogen (secondary N) is 1. The Balaban J connectivity index is 1.83. The summed E-state index contributed by atoms with van der Waals surface area (Å²) in [6, 6.07) is 4.44. The molecule has 22 heavy (non-hydrogen) atoms. The summed E-state index contributed by atoms with van der Waals surface area (Å²) in [5.41, 5.74) is 0. The van der Waals surface area contributed by atoms with Crippen molar-refractivity contribution in [2.75, 3.05) is 26.2 Å². The summed E-state index contributed by atoms with van der Waals surface area (Å²) >= 11 is 11.8. The number of nitrogens with zero attached hydrogens (tertiary/aromatic N) is 1. The minimum absolute atomic E-state index is 0.0384. The van der Waals surface area contributed by atoms with Gasteiger partial charge in [0.2, 0.25) is 10.0 Å². The summed E-state index contributed by atoms with van der Waals surface area (Å²) in [6.45, 7) is 3.56. The van der Waals surface area contributed by atoms with Crippen LogP contribution in [0.3, 0.4) is 0 Å². The lowest BCUT2D eigenvalue weighted by atomic mass is 10.2. The van der Waals surface area contributed by atoms with Gasteiger partial charge in [0.15, 0.2) is 0 Å². The van der Waals surface area contributed by atoms with E-state index in [1.54, 1.807) is 6.07 Å². The summed E-state index contributed by atoms with van der Waals surface area (Å²) < 4.78 is 27.1. The molecule has 0 spiro atoms. The lowest BCUT2D eigenvalue weighted by Crippen LogP contribution is -2.30. The molecule has 1 aliphatic rings. The molecule has 4 nitrogen and oxygen atoms in total. The fourth-order valence-electron chi connectivity index (χ4n) is 2.63. The van der Waals surface area contributed by atoms with E-state index in [0.717, 1.165) is 26.1 Å². The summed E-state index contributed by atoms with van der Waals surface area (Å²) in [4.78, 5) is 2.45. The molecule has 1 fully saturated rings. The molecule has 1 aromatic rings. The Kier molecular flexibility index (Phi) is 6.96. The van der Waals surface area contributed by atoms with Crippen LogP contribution in [0.25, 0.3) is 0 Å². The predicted octanol–water partition coefficient (Wildman–Crippen LogP) is 3.54. The normalized spacial score (nSPS) is 17.4. The monoisotopic (exact) mass is 364 g/mol. The maximum Gasteiger partial charge on any atom is 0.242 e. The van der Waals surface area contributed by atoms with Crippen LogP contribution < -0.4 is 4.72 Å². The molecule has 0 saturated carbocycles. The lowest BCUT2D eigenvalue weighted by molar-refractivity contribution is 0.282. The highest BCUT2D eigenvalue weighted by Gasteiger charge is 2.18. The van der Waals surface area contributed by atoms with Crippen molar-refractivity contribution >= 4 is 33.2 Å². The topological polar surface area (TPSA) is 49.4 Å². The number of likely N-dealkylation sites (tertiary alicyclic amines) is 1. The standard InChI is InChI=1S/C15H22Cl2N2O2S/c16-13-6-7-14(17)15(12-13)22(20,21)18-8-5-11-19-9-3-1-2-4-10-19/h6-7,12,18H,1-5,8-11H2. The fourth-order valence-corrected chi connectivity index (χ4v) is 4.46. The van der Waals surface area contributed by atoms with Crippen LogP contribution in [0, 0.1) is 0 Å². The third-order valence-electron chi connectivity index (χ3n) is 3.82. The largest absolute Gasteiger partial charge is 0.303 e. The van der Waals surface area contributed by atoms with Gasteiger partial charge in [0.05, 0.1) is 5.02 Å². The Bertz CT molecular complexity index is 585. The molecule has 7 heteroatoms. The summed E-state index contributed by atoms with van der Waals surface area (Å²) in [6.07, 6.45) is 5.87. The number of hydrogen-bond acceptors (Lipinski definition) is 3. The smallest absolute Gasteiger partial charge is 0.242 e. The molecule has 0 aromatic heterocycles. The zero-order valence-electron chi connectivity index (χ0n) is 12.5. The van der Waals surface area contributed by atoms with E-state index < -0.39 is 10.0 Å². The van der Waals surface area contributed by atoms with Crippen LogP contribution in [0.2, 0.25) is 10.0 Å². The molecule has 0 aliphatic carbocycles. The van der Waals surface area contributed by atoms with Crippen molar-refractivity contribution < 1.29 is 8.42 Å². The van der Waals surface area contributed by atoms with Crippen LogP contribution in [-0.4, -0.2) is 39.5 Å². The van der Waals surface area contributed by atoms with Crippen molar-refractivity contribution in [3.8, 4) is 0 Å². The minimum Gasteiger partial charge on any atom is -0.303 e. The van der Waals surface area contributed by atoms with E-state index in [1.807, 2.05) is 0 Å². The van der Waals surface area contributed by atoms with E-state index in [4.69, 9.17) is 23.2 Å². The predicted molar refractivity (Wildman–Crippen MR) is 91.2 cm³/mol. The molecule has 2 rings (SSSR count). The zero-order chi connectivity index (χ0) is 16.0. The number of sulfonamides is 1. The average molecular weight is 365 g/mol. The van der Waals surface area contributed by atoms with Crippen LogP contribution >= 0.6 is 23.2 Å². The summed E-state index contributed by atoms with van der Waals surface area (Å²) in [7, 11) is -3.61. The average Bonchev–Trinajstić information content (AvgIpc) is 2.75. The maximum atomic E-state index is 12.2. The Hall–Kier alpha value is -0.330. The Morgan fingerprint density at radius 2 is 1.77 bits per heavy atom. The van der Waals surface area contributed by atoms with E-state index in [-0.39, 0.29) is 9.92 Å².